The van der Waals surface area contributed by atoms with Crippen LogP contribution >= 0.6 is 0 Å². The molecule has 126 valence electrons. The molecule has 0 aromatic heterocycles. The Balaban J connectivity index is 2.53. The highest BCUT2D eigenvalue weighted by Gasteiger charge is 2.65. The third-order valence-corrected chi connectivity index (χ3v) is 6.13. The van der Waals surface area contributed by atoms with Gasteiger partial charge in [0, 0.05) is 0 Å². The van der Waals surface area contributed by atoms with E-state index in [-0.39, 0.29) is 11.8 Å². The minimum absolute atomic E-state index is 0.0221. The number of carboxylic acids is 2. The van der Waals surface area contributed by atoms with E-state index in [1.54, 1.807) is 0 Å². The SMILES string of the molecule is CC(C)CC1(C(=O)O)CCCCC1(C(=O)O)C1CCCCC1. The quantitative estimate of drug-likeness (QED) is 0.792. The van der Waals surface area contributed by atoms with E-state index in [2.05, 4.69) is 0 Å². The van der Waals surface area contributed by atoms with Gasteiger partial charge in [-0.15, -0.1) is 0 Å². The molecule has 0 amide bonds. The minimum atomic E-state index is -1.09. The smallest absolute Gasteiger partial charge is 0.311 e. The van der Waals surface area contributed by atoms with Crippen LogP contribution in [0.5, 0.6) is 0 Å². The molecule has 2 unspecified atom stereocenters. The van der Waals surface area contributed by atoms with Crippen molar-refractivity contribution in [2.75, 3.05) is 0 Å². The molecule has 2 N–H and O–H groups in total. The first-order valence-corrected chi connectivity index (χ1v) is 8.83. The van der Waals surface area contributed by atoms with Crippen molar-refractivity contribution >= 4 is 11.9 Å². The fourth-order valence-electron chi connectivity index (χ4n) is 5.34. The number of carbonyl (C=O) groups is 2. The molecule has 0 saturated heterocycles. The predicted octanol–water partition coefficient (Wildman–Crippen LogP) is 4.33. The third kappa shape index (κ3) is 2.65. The molecule has 22 heavy (non-hydrogen) atoms. The van der Waals surface area contributed by atoms with Crippen LogP contribution in [0.4, 0.5) is 0 Å². The summed E-state index contributed by atoms with van der Waals surface area (Å²) in [4.78, 5) is 24.7. The monoisotopic (exact) mass is 310 g/mol. The van der Waals surface area contributed by atoms with Crippen molar-refractivity contribution in [3.8, 4) is 0 Å². The largest absolute Gasteiger partial charge is 0.481 e. The molecule has 2 rings (SSSR count). The summed E-state index contributed by atoms with van der Waals surface area (Å²) in [6.07, 6.45) is 8.18. The van der Waals surface area contributed by atoms with Gasteiger partial charge in [-0.1, -0.05) is 46.0 Å². The van der Waals surface area contributed by atoms with E-state index < -0.39 is 22.8 Å². The number of aliphatic carboxylic acids is 2. The van der Waals surface area contributed by atoms with Crippen molar-refractivity contribution in [3.05, 3.63) is 0 Å². The van der Waals surface area contributed by atoms with Gasteiger partial charge in [-0.3, -0.25) is 9.59 Å². The van der Waals surface area contributed by atoms with Crippen LogP contribution in [-0.2, 0) is 9.59 Å². The molecular formula is C18H30O4. The highest BCUT2D eigenvalue weighted by atomic mass is 16.4. The second kappa shape index (κ2) is 6.59. The molecule has 0 bridgehead atoms. The minimum Gasteiger partial charge on any atom is -0.481 e. The van der Waals surface area contributed by atoms with Crippen LogP contribution in [0.3, 0.4) is 0 Å². The van der Waals surface area contributed by atoms with E-state index >= 15 is 0 Å². The second-order valence-electron chi connectivity index (χ2n) is 7.80. The van der Waals surface area contributed by atoms with Crippen molar-refractivity contribution in [3.63, 3.8) is 0 Å². The van der Waals surface area contributed by atoms with Crippen molar-refractivity contribution in [1.29, 1.82) is 0 Å². The van der Waals surface area contributed by atoms with Gasteiger partial charge in [0.05, 0.1) is 10.8 Å². The molecule has 0 radical (unpaired) electrons. The number of carboxylic acid groups (broad SMARTS) is 2. The molecule has 0 aromatic rings. The molecule has 2 aliphatic carbocycles. The lowest BCUT2D eigenvalue weighted by Gasteiger charge is -2.54. The topological polar surface area (TPSA) is 74.6 Å². The Kier molecular flexibility index (Phi) is 5.18. The van der Waals surface area contributed by atoms with E-state index in [0.29, 0.717) is 19.3 Å². The van der Waals surface area contributed by atoms with Gasteiger partial charge in [-0.2, -0.15) is 0 Å². The third-order valence-electron chi connectivity index (χ3n) is 6.13. The van der Waals surface area contributed by atoms with Crippen molar-refractivity contribution in [2.24, 2.45) is 22.7 Å². The van der Waals surface area contributed by atoms with Gasteiger partial charge < -0.3 is 10.2 Å². The highest BCUT2D eigenvalue weighted by molar-refractivity contribution is 5.87. The molecule has 0 aliphatic heterocycles. The summed E-state index contributed by atoms with van der Waals surface area (Å²) in [5, 5.41) is 20.3. The summed E-state index contributed by atoms with van der Waals surface area (Å²) in [5.41, 5.74) is -2.16. The zero-order chi connectivity index (χ0) is 16.4. The Morgan fingerprint density at radius 1 is 0.955 bits per heavy atom. The molecular weight excluding hydrogens is 280 g/mol. The van der Waals surface area contributed by atoms with Crippen molar-refractivity contribution in [1.82, 2.24) is 0 Å². The van der Waals surface area contributed by atoms with Crippen LogP contribution in [0.25, 0.3) is 0 Å². The van der Waals surface area contributed by atoms with Crippen LogP contribution in [0.15, 0.2) is 0 Å². The molecule has 4 nitrogen and oxygen atoms in total. The molecule has 0 spiro atoms. The maximum absolute atomic E-state index is 12.4. The highest BCUT2D eigenvalue weighted by Crippen LogP contribution is 2.61. The fraction of sp³-hybridized carbons (Fsp3) is 0.889. The Hall–Kier alpha value is -1.06. The van der Waals surface area contributed by atoms with Crippen LogP contribution in [0.1, 0.15) is 78.1 Å². The average molecular weight is 310 g/mol. The first kappa shape index (κ1) is 17.3. The van der Waals surface area contributed by atoms with Crippen LogP contribution in [-0.4, -0.2) is 22.2 Å². The Morgan fingerprint density at radius 2 is 1.55 bits per heavy atom. The number of hydrogen-bond donors (Lipinski definition) is 2. The maximum Gasteiger partial charge on any atom is 0.311 e. The van der Waals surface area contributed by atoms with Gasteiger partial charge >= 0.3 is 11.9 Å². The van der Waals surface area contributed by atoms with E-state index in [9.17, 15) is 19.8 Å². The molecule has 4 heteroatoms. The normalized spacial score (nSPS) is 33.8. The molecule has 2 fully saturated rings. The Morgan fingerprint density at radius 3 is 2.05 bits per heavy atom. The number of rotatable bonds is 5. The number of hydrogen-bond acceptors (Lipinski definition) is 2. The molecule has 0 aromatic carbocycles. The van der Waals surface area contributed by atoms with Gasteiger partial charge in [-0.05, 0) is 43.9 Å². The van der Waals surface area contributed by atoms with Gasteiger partial charge in [-0.25, -0.2) is 0 Å². The average Bonchev–Trinajstić information content (AvgIpc) is 2.47. The van der Waals surface area contributed by atoms with Gasteiger partial charge in [0.15, 0.2) is 0 Å². The van der Waals surface area contributed by atoms with Gasteiger partial charge in [0.1, 0.15) is 0 Å². The van der Waals surface area contributed by atoms with E-state index in [1.807, 2.05) is 13.8 Å². The lowest BCUT2D eigenvalue weighted by Crippen LogP contribution is -2.59. The van der Waals surface area contributed by atoms with Gasteiger partial charge in [0.2, 0.25) is 0 Å². The maximum atomic E-state index is 12.4. The Bertz CT molecular complexity index is 425. The molecule has 2 saturated carbocycles. The lowest BCUT2D eigenvalue weighted by atomic mass is 9.47. The molecule has 0 heterocycles. The Labute approximate surface area is 133 Å². The summed E-state index contributed by atoms with van der Waals surface area (Å²) in [6, 6.07) is 0. The van der Waals surface area contributed by atoms with Crippen molar-refractivity contribution in [2.45, 2.75) is 78.1 Å². The molecule has 2 atom stereocenters. The van der Waals surface area contributed by atoms with Crippen LogP contribution in [0, 0.1) is 22.7 Å². The van der Waals surface area contributed by atoms with Crippen LogP contribution in [0.2, 0.25) is 0 Å². The summed E-state index contributed by atoms with van der Waals surface area (Å²) < 4.78 is 0. The van der Waals surface area contributed by atoms with Crippen LogP contribution < -0.4 is 0 Å². The summed E-state index contributed by atoms with van der Waals surface area (Å²) in [6.45, 7) is 4.01. The van der Waals surface area contributed by atoms with E-state index in [4.69, 9.17) is 0 Å². The lowest BCUT2D eigenvalue weighted by molar-refractivity contribution is -0.191. The summed E-state index contributed by atoms with van der Waals surface area (Å²) >= 11 is 0. The van der Waals surface area contributed by atoms with Crippen molar-refractivity contribution < 1.29 is 19.8 Å². The zero-order valence-corrected chi connectivity index (χ0v) is 13.9. The molecule has 2 aliphatic rings. The first-order chi connectivity index (χ1) is 10.4. The predicted molar refractivity (Wildman–Crippen MR) is 84.6 cm³/mol. The second-order valence-corrected chi connectivity index (χ2v) is 7.80. The summed E-state index contributed by atoms with van der Waals surface area (Å²) in [7, 11) is 0. The zero-order valence-electron chi connectivity index (χ0n) is 13.9. The fourth-order valence-corrected chi connectivity index (χ4v) is 5.34. The summed E-state index contributed by atoms with van der Waals surface area (Å²) in [5.74, 6) is -1.53. The van der Waals surface area contributed by atoms with E-state index in [0.717, 1.165) is 44.9 Å². The first-order valence-electron chi connectivity index (χ1n) is 8.83. The van der Waals surface area contributed by atoms with Gasteiger partial charge in [0.25, 0.3) is 0 Å². The van der Waals surface area contributed by atoms with E-state index in [1.165, 1.54) is 0 Å². The standard InChI is InChI=1S/C18H30O4/c1-13(2)12-17(15(19)20)10-6-7-11-18(17,16(21)22)14-8-4-3-5-9-14/h13-14H,3-12H2,1-2H3,(H,19,20)(H,21,22).